The first-order valence-corrected chi connectivity index (χ1v) is 17.3. The molecule has 244 valence electrons. The molecule has 2 aliphatic heterocycles. The Bertz CT molecular complexity index is 1700. The molecule has 9 nitrogen and oxygen atoms in total. The van der Waals surface area contributed by atoms with Crippen LogP contribution in [-0.4, -0.2) is 87.1 Å². The van der Waals surface area contributed by atoms with Crippen molar-refractivity contribution in [2.24, 2.45) is 4.99 Å². The van der Waals surface area contributed by atoms with E-state index in [4.69, 9.17) is 39.4 Å². The van der Waals surface area contributed by atoms with E-state index in [0.717, 1.165) is 17.4 Å². The van der Waals surface area contributed by atoms with Crippen molar-refractivity contribution in [3.8, 4) is 18.1 Å². The minimum Gasteiger partial charge on any atom is -0.493 e. The topological polar surface area (TPSA) is 94.5 Å². The van der Waals surface area contributed by atoms with E-state index in [1.807, 2.05) is 72.5 Å². The summed E-state index contributed by atoms with van der Waals surface area (Å²) in [5.74, 6) is 3.68. The van der Waals surface area contributed by atoms with Crippen LogP contribution in [-0.2, 0) is 10.0 Å². The number of hydrogen-bond donors (Lipinski definition) is 1. The van der Waals surface area contributed by atoms with E-state index in [0.29, 0.717) is 78.6 Å². The number of benzene rings is 3. The fourth-order valence-electron chi connectivity index (χ4n) is 5.63. The molecule has 0 bridgehead atoms. The summed E-state index contributed by atoms with van der Waals surface area (Å²) in [6.07, 6.45) is 6.85. The van der Waals surface area contributed by atoms with Crippen molar-refractivity contribution >= 4 is 57.5 Å². The van der Waals surface area contributed by atoms with Crippen molar-refractivity contribution in [3.05, 3.63) is 99.0 Å². The van der Waals surface area contributed by atoms with Gasteiger partial charge in [0.05, 0.1) is 24.5 Å². The molecule has 1 N–H and O–H groups in total. The number of ether oxygens (including phenoxy) is 1. The third kappa shape index (κ3) is 8.34. The average Bonchev–Trinajstić information content (AvgIpc) is 3.41. The minimum atomic E-state index is -3.27. The van der Waals surface area contributed by atoms with Crippen LogP contribution in [0.4, 0.5) is 4.79 Å². The zero-order chi connectivity index (χ0) is 32.1. The molecular formula is C33H36Cl3N5O4S. The largest absolute Gasteiger partial charge is 0.493 e. The summed E-state index contributed by atoms with van der Waals surface area (Å²) >= 11 is 12.5. The molecule has 0 aliphatic carbocycles. The van der Waals surface area contributed by atoms with Gasteiger partial charge < -0.3 is 9.64 Å². The van der Waals surface area contributed by atoms with Crippen LogP contribution in [0.1, 0.15) is 41.3 Å². The Kier molecular flexibility index (Phi) is 12.0. The SMILES string of the molecule is C#Cc1ccc(C2=NC(c3ccc(Cl)cc3)C(c3ccc(Cl)cc3)N2C(=O)N2CCN(CCNS(C)(=O)=O)CC2)c(OCC)c1.Cl. The van der Waals surface area contributed by atoms with E-state index < -0.39 is 22.1 Å². The van der Waals surface area contributed by atoms with E-state index >= 15 is 0 Å². The predicted octanol–water partition coefficient (Wildman–Crippen LogP) is 5.63. The van der Waals surface area contributed by atoms with Crippen LogP contribution in [0.15, 0.2) is 71.7 Å². The number of rotatable bonds is 9. The summed E-state index contributed by atoms with van der Waals surface area (Å²) in [7, 11) is -3.27. The van der Waals surface area contributed by atoms with E-state index in [-0.39, 0.29) is 18.4 Å². The number of aliphatic imine (C=N–C) groups is 1. The van der Waals surface area contributed by atoms with Crippen molar-refractivity contribution in [1.82, 2.24) is 19.4 Å². The third-order valence-corrected chi connectivity index (χ3v) is 9.05. The van der Waals surface area contributed by atoms with E-state index in [1.165, 1.54) is 0 Å². The fraction of sp³-hybridized carbons (Fsp3) is 0.333. The van der Waals surface area contributed by atoms with Gasteiger partial charge in [-0.05, 0) is 60.5 Å². The van der Waals surface area contributed by atoms with Crippen LogP contribution in [0.3, 0.4) is 0 Å². The van der Waals surface area contributed by atoms with Gasteiger partial charge in [-0.3, -0.25) is 14.8 Å². The van der Waals surface area contributed by atoms with E-state index in [9.17, 15) is 13.2 Å². The second-order valence-corrected chi connectivity index (χ2v) is 13.6. The maximum atomic E-state index is 14.7. The van der Waals surface area contributed by atoms with E-state index in [2.05, 4.69) is 15.5 Å². The van der Waals surface area contributed by atoms with Crippen molar-refractivity contribution in [2.45, 2.75) is 19.0 Å². The number of amides is 2. The number of hydrogen-bond acceptors (Lipinski definition) is 6. The number of carbonyl (C=O) groups is 1. The van der Waals surface area contributed by atoms with Crippen LogP contribution in [0.25, 0.3) is 0 Å². The first kappa shape index (κ1) is 35.6. The van der Waals surface area contributed by atoms with Crippen molar-refractivity contribution in [3.63, 3.8) is 0 Å². The summed E-state index contributed by atoms with van der Waals surface area (Å²) in [5, 5.41) is 1.19. The van der Waals surface area contributed by atoms with Gasteiger partial charge in [0.2, 0.25) is 10.0 Å². The third-order valence-electron chi connectivity index (χ3n) is 7.82. The molecule has 2 atom stereocenters. The summed E-state index contributed by atoms with van der Waals surface area (Å²) in [6.45, 7) is 5.30. The van der Waals surface area contributed by atoms with Gasteiger partial charge in [-0.2, -0.15) is 0 Å². The molecule has 13 heteroatoms. The lowest BCUT2D eigenvalue weighted by Crippen LogP contribution is -2.54. The number of nitrogens with zero attached hydrogens (tertiary/aromatic N) is 4. The van der Waals surface area contributed by atoms with Crippen LogP contribution >= 0.6 is 35.6 Å². The molecule has 5 rings (SSSR count). The van der Waals surface area contributed by atoms with Gasteiger partial charge in [0.15, 0.2) is 0 Å². The summed E-state index contributed by atoms with van der Waals surface area (Å²) in [5.41, 5.74) is 3.08. The highest BCUT2D eigenvalue weighted by Gasteiger charge is 2.45. The van der Waals surface area contributed by atoms with Gasteiger partial charge in [-0.1, -0.05) is 53.4 Å². The van der Waals surface area contributed by atoms with Gasteiger partial charge in [0, 0.05) is 54.9 Å². The highest BCUT2D eigenvalue weighted by molar-refractivity contribution is 7.88. The number of piperazine rings is 1. The Morgan fingerprint density at radius 1 is 1.00 bits per heavy atom. The quantitative estimate of drug-likeness (QED) is 0.292. The molecule has 2 heterocycles. The number of halogens is 3. The first-order chi connectivity index (χ1) is 21.6. The number of terminal acetylenes is 1. The Morgan fingerprint density at radius 3 is 2.17 bits per heavy atom. The molecule has 0 radical (unpaired) electrons. The highest BCUT2D eigenvalue weighted by Crippen LogP contribution is 2.45. The molecule has 1 fully saturated rings. The first-order valence-electron chi connectivity index (χ1n) is 14.7. The molecule has 2 aliphatic rings. The highest BCUT2D eigenvalue weighted by atomic mass is 35.5. The summed E-state index contributed by atoms with van der Waals surface area (Å²) in [4.78, 5) is 25.6. The van der Waals surface area contributed by atoms with Crippen molar-refractivity contribution in [2.75, 3.05) is 52.1 Å². The van der Waals surface area contributed by atoms with E-state index in [1.54, 1.807) is 11.0 Å². The number of sulfonamides is 1. The van der Waals surface area contributed by atoms with Gasteiger partial charge in [-0.15, -0.1) is 18.8 Å². The molecule has 2 amide bonds. The number of carbonyl (C=O) groups excluding carboxylic acids is 1. The Hall–Kier alpha value is -3.30. The maximum Gasteiger partial charge on any atom is 0.326 e. The molecule has 0 aromatic heterocycles. The fourth-order valence-corrected chi connectivity index (χ4v) is 6.34. The molecule has 0 spiro atoms. The van der Waals surface area contributed by atoms with Gasteiger partial charge in [0.25, 0.3) is 0 Å². The monoisotopic (exact) mass is 703 g/mol. The van der Waals surface area contributed by atoms with Crippen LogP contribution in [0.2, 0.25) is 10.0 Å². The Labute approximate surface area is 287 Å². The average molecular weight is 705 g/mol. The van der Waals surface area contributed by atoms with Gasteiger partial charge in [-0.25, -0.2) is 17.9 Å². The van der Waals surface area contributed by atoms with Gasteiger partial charge in [0.1, 0.15) is 17.6 Å². The molecule has 0 saturated carbocycles. The standard InChI is InChI=1S/C33H35Cl2N5O4S.ClH/c1-4-23-6-15-28(29(22-23)44-5-2)32-37-30(24-7-11-26(34)12-8-24)31(25-9-13-27(35)14-10-25)40(32)33(41)39-20-18-38(19-21-39)17-16-36-45(3,42)43;/h1,6-15,22,30-31,36H,5,16-21H2,2-3H3;1H. The van der Waals surface area contributed by atoms with Crippen LogP contribution in [0, 0.1) is 12.3 Å². The normalized spacial score (nSPS) is 18.5. The predicted molar refractivity (Wildman–Crippen MR) is 186 cm³/mol. The van der Waals surface area contributed by atoms with Crippen LogP contribution < -0.4 is 9.46 Å². The molecule has 46 heavy (non-hydrogen) atoms. The van der Waals surface area contributed by atoms with Crippen LogP contribution in [0.5, 0.6) is 5.75 Å². The second-order valence-electron chi connectivity index (χ2n) is 10.9. The zero-order valence-corrected chi connectivity index (χ0v) is 28.7. The number of nitrogens with one attached hydrogen (secondary N) is 1. The molecule has 1 saturated heterocycles. The summed E-state index contributed by atoms with van der Waals surface area (Å²) in [6, 6.07) is 19.3. The molecule has 3 aromatic rings. The van der Waals surface area contributed by atoms with Crippen molar-refractivity contribution < 1.29 is 17.9 Å². The van der Waals surface area contributed by atoms with Crippen molar-refractivity contribution in [1.29, 1.82) is 0 Å². The smallest absolute Gasteiger partial charge is 0.326 e. The lowest BCUT2D eigenvalue weighted by atomic mass is 9.93. The molecular weight excluding hydrogens is 669 g/mol. The van der Waals surface area contributed by atoms with Gasteiger partial charge >= 0.3 is 6.03 Å². The Morgan fingerprint density at radius 2 is 1.61 bits per heavy atom. The minimum absolute atomic E-state index is 0. The second kappa shape index (κ2) is 15.5. The summed E-state index contributed by atoms with van der Waals surface area (Å²) < 4.78 is 31.5. The zero-order valence-electron chi connectivity index (χ0n) is 25.5. The number of amidine groups is 1. The molecule has 3 aromatic carbocycles. The maximum absolute atomic E-state index is 14.7. The lowest BCUT2D eigenvalue weighted by Gasteiger charge is -2.39. The molecule has 2 unspecified atom stereocenters. The number of urea groups is 1. The lowest BCUT2D eigenvalue weighted by molar-refractivity contribution is 0.120. The Balaban J connectivity index is 0.00000480.